The van der Waals surface area contributed by atoms with E-state index in [1.807, 2.05) is 35.2 Å². The van der Waals surface area contributed by atoms with Gasteiger partial charge in [-0.05, 0) is 30.0 Å². The zero-order valence-corrected chi connectivity index (χ0v) is 15.0. The van der Waals surface area contributed by atoms with Crippen molar-refractivity contribution in [1.29, 1.82) is 0 Å². The van der Waals surface area contributed by atoms with Crippen LogP contribution in [0.3, 0.4) is 0 Å². The molecular weight excluding hydrogens is 312 g/mol. The summed E-state index contributed by atoms with van der Waals surface area (Å²) < 4.78 is 5.52. The molecule has 3 rings (SSSR count). The number of rotatable bonds is 6. The van der Waals surface area contributed by atoms with Crippen molar-refractivity contribution in [2.45, 2.75) is 25.8 Å². The molecule has 1 atom stereocenters. The summed E-state index contributed by atoms with van der Waals surface area (Å²) in [4.78, 5) is 14.7. The summed E-state index contributed by atoms with van der Waals surface area (Å²) >= 11 is 0. The summed E-state index contributed by atoms with van der Waals surface area (Å²) in [6.07, 6.45) is 1.68. The normalized spacial score (nSPS) is 17.6. The number of para-hydroxylation sites is 1. The number of nitrogens with one attached hydrogen (secondary N) is 1. The number of nitrogens with zero attached hydrogens (tertiary/aromatic N) is 1. The van der Waals surface area contributed by atoms with Crippen LogP contribution < -0.4 is 10.1 Å². The van der Waals surface area contributed by atoms with Gasteiger partial charge in [0.2, 0.25) is 5.91 Å². The number of carbonyl (C=O) groups is 1. The van der Waals surface area contributed by atoms with E-state index in [4.69, 9.17) is 4.74 Å². The van der Waals surface area contributed by atoms with E-state index in [2.05, 4.69) is 30.4 Å². The van der Waals surface area contributed by atoms with Crippen LogP contribution >= 0.6 is 0 Å². The first kappa shape index (κ1) is 17.5. The van der Waals surface area contributed by atoms with E-state index >= 15 is 0 Å². The van der Waals surface area contributed by atoms with Gasteiger partial charge in [-0.2, -0.15) is 0 Å². The molecule has 0 radical (unpaired) electrons. The van der Waals surface area contributed by atoms with E-state index in [-0.39, 0.29) is 11.9 Å². The molecule has 1 heterocycles. The molecule has 0 aromatic heterocycles. The van der Waals surface area contributed by atoms with Gasteiger partial charge in [-0.15, -0.1) is 0 Å². The second-order valence-electron chi connectivity index (χ2n) is 6.39. The first-order valence-electron chi connectivity index (χ1n) is 8.98. The van der Waals surface area contributed by atoms with Crippen LogP contribution in [0.25, 0.3) is 11.1 Å². The molecule has 1 amide bonds. The molecule has 1 fully saturated rings. The quantitative estimate of drug-likeness (QED) is 0.880. The maximum Gasteiger partial charge on any atom is 0.240 e. The Hall–Kier alpha value is -2.33. The lowest BCUT2D eigenvalue weighted by Crippen LogP contribution is -2.55. The number of ether oxygens (including phenoxy) is 1. The van der Waals surface area contributed by atoms with E-state index in [0.29, 0.717) is 6.42 Å². The predicted octanol–water partition coefficient (Wildman–Crippen LogP) is 3.12. The Balaban J connectivity index is 1.88. The SMILES string of the molecule is CCCN1CCNC(Cc2ccccc2-c2ccccc2OC)C1=O. The predicted molar refractivity (Wildman–Crippen MR) is 101 cm³/mol. The molecule has 4 nitrogen and oxygen atoms in total. The average Bonchev–Trinajstić information content (AvgIpc) is 2.65. The number of methoxy groups -OCH3 is 1. The van der Waals surface area contributed by atoms with E-state index < -0.39 is 0 Å². The topological polar surface area (TPSA) is 41.6 Å². The van der Waals surface area contributed by atoms with Crippen molar-refractivity contribution >= 4 is 5.91 Å². The van der Waals surface area contributed by atoms with Gasteiger partial charge in [0.05, 0.1) is 13.2 Å². The summed E-state index contributed by atoms with van der Waals surface area (Å²) in [6, 6.07) is 16.1. The number of hydrogen-bond acceptors (Lipinski definition) is 3. The molecule has 4 heteroatoms. The van der Waals surface area contributed by atoms with Crippen molar-refractivity contribution in [3.8, 4) is 16.9 Å². The molecule has 0 saturated carbocycles. The van der Waals surface area contributed by atoms with Gasteiger partial charge < -0.3 is 15.0 Å². The largest absolute Gasteiger partial charge is 0.496 e. The van der Waals surface area contributed by atoms with Crippen LogP contribution in [0.5, 0.6) is 5.75 Å². The van der Waals surface area contributed by atoms with Crippen LogP contribution in [-0.4, -0.2) is 43.6 Å². The van der Waals surface area contributed by atoms with E-state index in [0.717, 1.165) is 48.5 Å². The first-order valence-corrected chi connectivity index (χ1v) is 8.98. The van der Waals surface area contributed by atoms with Gasteiger partial charge in [0.15, 0.2) is 0 Å². The Morgan fingerprint density at radius 1 is 1.12 bits per heavy atom. The fourth-order valence-electron chi connectivity index (χ4n) is 3.49. The maximum atomic E-state index is 12.7. The molecule has 2 aromatic rings. The van der Waals surface area contributed by atoms with Crippen molar-refractivity contribution in [2.75, 3.05) is 26.7 Å². The molecule has 0 aliphatic carbocycles. The highest BCUT2D eigenvalue weighted by Gasteiger charge is 2.28. The van der Waals surface area contributed by atoms with Crippen LogP contribution in [0.2, 0.25) is 0 Å². The minimum atomic E-state index is -0.156. The van der Waals surface area contributed by atoms with Gasteiger partial charge in [-0.25, -0.2) is 0 Å². The monoisotopic (exact) mass is 338 g/mol. The molecule has 1 N–H and O–H groups in total. The molecule has 1 saturated heterocycles. The third-order valence-electron chi connectivity index (χ3n) is 4.71. The number of benzene rings is 2. The Morgan fingerprint density at radius 3 is 2.60 bits per heavy atom. The molecule has 132 valence electrons. The Labute approximate surface area is 149 Å². The van der Waals surface area contributed by atoms with Gasteiger partial charge in [0.1, 0.15) is 5.75 Å². The Kier molecular flexibility index (Phi) is 5.71. The zero-order chi connectivity index (χ0) is 17.6. The summed E-state index contributed by atoms with van der Waals surface area (Å²) in [5.41, 5.74) is 3.35. The highest BCUT2D eigenvalue weighted by atomic mass is 16.5. The highest BCUT2D eigenvalue weighted by Crippen LogP contribution is 2.32. The molecule has 2 aromatic carbocycles. The zero-order valence-electron chi connectivity index (χ0n) is 15.0. The van der Waals surface area contributed by atoms with Crippen LogP contribution in [0.1, 0.15) is 18.9 Å². The number of amides is 1. The second-order valence-corrected chi connectivity index (χ2v) is 6.39. The van der Waals surface area contributed by atoms with Crippen LogP contribution in [0.15, 0.2) is 48.5 Å². The summed E-state index contributed by atoms with van der Waals surface area (Å²) in [5, 5.41) is 3.39. The summed E-state index contributed by atoms with van der Waals surface area (Å²) in [7, 11) is 1.69. The lowest BCUT2D eigenvalue weighted by Gasteiger charge is -2.33. The Morgan fingerprint density at radius 2 is 1.84 bits per heavy atom. The molecule has 25 heavy (non-hydrogen) atoms. The van der Waals surface area contributed by atoms with Crippen molar-refractivity contribution < 1.29 is 9.53 Å². The maximum absolute atomic E-state index is 12.7. The van der Waals surface area contributed by atoms with Gasteiger partial charge in [0, 0.05) is 25.2 Å². The van der Waals surface area contributed by atoms with Crippen molar-refractivity contribution in [2.24, 2.45) is 0 Å². The minimum Gasteiger partial charge on any atom is -0.496 e. The smallest absolute Gasteiger partial charge is 0.240 e. The summed E-state index contributed by atoms with van der Waals surface area (Å²) in [5.74, 6) is 1.06. The number of hydrogen-bond donors (Lipinski definition) is 1. The Bertz CT molecular complexity index is 727. The van der Waals surface area contributed by atoms with Gasteiger partial charge in [0.25, 0.3) is 0 Å². The summed E-state index contributed by atoms with van der Waals surface area (Å²) in [6.45, 7) is 4.61. The fourth-order valence-corrected chi connectivity index (χ4v) is 3.49. The number of carbonyl (C=O) groups excluding carboxylic acids is 1. The molecule has 1 aliphatic rings. The molecule has 1 unspecified atom stereocenters. The van der Waals surface area contributed by atoms with Crippen LogP contribution in [-0.2, 0) is 11.2 Å². The molecule has 1 aliphatic heterocycles. The van der Waals surface area contributed by atoms with Crippen LogP contribution in [0, 0.1) is 0 Å². The van der Waals surface area contributed by atoms with E-state index in [9.17, 15) is 4.79 Å². The van der Waals surface area contributed by atoms with Gasteiger partial charge >= 0.3 is 0 Å². The van der Waals surface area contributed by atoms with Crippen molar-refractivity contribution in [3.05, 3.63) is 54.1 Å². The molecule has 0 spiro atoms. The van der Waals surface area contributed by atoms with Crippen molar-refractivity contribution in [1.82, 2.24) is 10.2 Å². The van der Waals surface area contributed by atoms with Crippen LogP contribution in [0.4, 0.5) is 0 Å². The third kappa shape index (κ3) is 3.85. The molecule has 0 bridgehead atoms. The van der Waals surface area contributed by atoms with Gasteiger partial charge in [-0.1, -0.05) is 49.4 Å². The van der Waals surface area contributed by atoms with Gasteiger partial charge in [-0.3, -0.25) is 4.79 Å². The lowest BCUT2D eigenvalue weighted by atomic mass is 9.93. The first-order chi connectivity index (χ1) is 12.2. The standard InChI is InChI=1S/C21H26N2O2/c1-3-13-23-14-12-22-19(21(23)24)15-16-8-4-5-9-17(16)18-10-6-7-11-20(18)25-2/h4-11,19,22H,3,12-15H2,1-2H3. The second kappa shape index (κ2) is 8.17. The average molecular weight is 338 g/mol. The minimum absolute atomic E-state index is 0.156. The fraction of sp³-hybridized carbons (Fsp3) is 0.381. The van der Waals surface area contributed by atoms with Crippen molar-refractivity contribution in [3.63, 3.8) is 0 Å². The van der Waals surface area contributed by atoms with E-state index in [1.165, 1.54) is 0 Å². The third-order valence-corrected chi connectivity index (χ3v) is 4.71. The van der Waals surface area contributed by atoms with E-state index in [1.54, 1.807) is 7.11 Å². The number of piperazine rings is 1. The highest BCUT2D eigenvalue weighted by molar-refractivity contribution is 5.84. The lowest BCUT2D eigenvalue weighted by molar-refractivity contribution is -0.135. The molecular formula is C21H26N2O2.